The molecule has 8 heteroatoms. The van der Waals surface area contributed by atoms with Crippen LogP contribution in [0.15, 0.2) is 39.4 Å². The lowest BCUT2D eigenvalue weighted by molar-refractivity contribution is -0.123. The highest BCUT2D eigenvalue weighted by Crippen LogP contribution is 2.23. The van der Waals surface area contributed by atoms with Crippen molar-refractivity contribution in [1.82, 2.24) is 20.4 Å². The summed E-state index contributed by atoms with van der Waals surface area (Å²) in [5.74, 6) is 1.06. The Hall–Kier alpha value is -2.03. The Labute approximate surface area is 160 Å². The van der Waals surface area contributed by atoms with E-state index in [4.69, 9.17) is 4.42 Å². The maximum absolute atomic E-state index is 12.4. The molecule has 1 amide bonds. The maximum Gasteiger partial charge on any atom is 0.257 e. The largest absolute Gasteiger partial charge is 0.419 e. The Morgan fingerprint density at radius 1 is 1.27 bits per heavy atom. The summed E-state index contributed by atoms with van der Waals surface area (Å²) in [6, 6.07) is 7.94. The predicted molar refractivity (Wildman–Crippen MR) is 104 cm³/mol. The number of amides is 1. The van der Waals surface area contributed by atoms with E-state index in [9.17, 15) is 4.79 Å². The molecule has 0 bridgehead atoms. The second-order valence-corrected chi connectivity index (χ2v) is 7.92. The van der Waals surface area contributed by atoms with Gasteiger partial charge in [-0.2, -0.15) is 0 Å². The van der Waals surface area contributed by atoms with Gasteiger partial charge in [0.15, 0.2) is 0 Å². The van der Waals surface area contributed by atoms with Crippen LogP contribution in [0.4, 0.5) is 0 Å². The molecule has 0 aliphatic carbocycles. The van der Waals surface area contributed by atoms with Gasteiger partial charge in [-0.25, -0.2) is 0 Å². The minimum Gasteiger partial charge on any atom is -0.419 e. The van der Waals surface area contributed by atoms with E-state index >= 15 is 0 Å². The first-order valence-corrected chi connectivity index (χ1v) is 10.3. The van der Waals surface area contributed by atoms with Crippen molar-refractivity contribution in [3.05, 3.63) is 45.8 Å². The number of hydrogen-bond acceptors (Lipinski definition) is 7. The molecule has 138 valence electrons. The number of aromatic nitrogens is 2. The van der Waals surface area contributed by atoms with E-state index in [1.165, 1.54) is 0 Å². The number of rotatable bonds is 9. The van der Waals surface area contributed by atoms with Crippen molar-refractivity contribution in [2.45, 2.75) is 32.9 Å². The number of carbonyl (C=O) groups excluding carboxylic acids is 1. The van der Waals surface area contributed by atoms with Gasteiger partial charge in [-0.3, -0.25) is 9.69 Å². The van der Waals surface area contributed by atoms with E-state index in [1.807, 2.05) is 46.8 Å². The van der Waals surface area contributed by atoms with Gasteiger partial charge in [0.05, 0.1) is 24.0 Å². The van der Waals surface area contributed by atoms with Gasteiger partial charge in [0, 0.05) is 4.88 Å². The van der Waals surface area contributed by atoms with Crippen LogP contribution in [0.25, 0.3) is 10.8 Å². The van der Waals surface area contributed by atoms with E-state index in [0.29, 0.717) is 24.9 Å². The normalized spacial score (nSPS) is 12.4. The molecule has 0 radical (unpaired) electrons. The maximum atomic E-state index is 12.4. The van der Waals surface area contributed by atoms with Crippen molar-refractivity contribution >= 4 is 28.6 Å². The van der Waals surface area contributed by atoms with E-state index in [2.05, 4.69) is 22.4 Å². The third-order valence-electron chi connectivity index (χ3n) is 3.81. The highest BCUT2D eigenvalue weighted by Gasteiger charge is 2.17. The highest BCUT2D eigenvalue weighted by molar-refractivity contribution is 7.13. The first-order valence-electron chi connectivity index (χ1n) is 8.57. The lowest BCUT2D eigenvalue weighted by Gasteiger charge is -2.20. The predicted octanol–water partition coefficient (Wildman–Crippen LogP) is 3.95. The number of hydrogen-bond donors (Lipinski definition) is 1. The van der Waals surface area contributed by atoms with E-state index in [1.54, 1.807) is 22.7 Å². The van der Waals surface area contributed by atoms with Crippen LogP contribution < -0.4 is 5.32 Å². The molecule has 3 aromatic heterocycles. The number of nitrogens with zero attached hydrogens (tertiary/aromatic N) is 3. The van der Waals surface area contributed by atoms with Crippen LogP contribution in [-0.2, 0) is 11.3 Å². The molecule has 0 aliphatic rings. The molecule has 6 nitrogen and oxygen atoms in total. The van der Waals surface area contributed by atoms with Gasteiger partial charge in [-0.15, -0.1) is 32.9 Å². The fourth-order valence-corrected chi connectivity index (χ4v) is 4.02. The van der Waals surface area contributed by atoms with Gasteiger partial charge >= 0.3 is 0 Å². The lowest BCUT2D eigenvalue weighted by Crippen LogP contribution is -2.38. The summed E-state index contributed by atoms with van der Waals surface area (Å²) in [6.45, 7) is 5.65. The molecule has 0 saturated heterocycles. The van der Waals surface area contributed by atoms with Gasteiger partial charge in [0.1, 0.15) is 0 Å². The average Bonchev–Trinajstić information content (AvgIpc) is 3.36. The van der Waals surface area contributed by atoms with Crippen LogP contribution >= 0.6 is 22.7 Å². The van der Waals surface area contributed by atoms with Crippen molar-refractivity contribution in [3.8, 4) is 10.8 Å². The van der Waals surface area contributed by atoms with Crippen LogP contribution in [0.2, 0.25) is 0 Å². The SMILES string of the molecule is CCCN(CC(=O)NC(C)c1cccs1)Cc1nnc(-c2cccs2)o1. The Bertz CT molecular complexity index is 799. The van der Waals surface area contributed by atoms with E-state index in [0.717, 1.165) is 22.7 Å². The Balaban J connectivity index is 1.57. The van der Waals surface area contributed by atoms with E-state index in [-0.39, 0.29) is 11.9 Å². The third-order valence-corrected chi connectivity index (χ3v) is 5.73. The molecule has 0 aliphatic heterocycles. The summed E-state index contributed by atoms with van der Waals surface area (Å²) in [5, 5.41) is 15.3. The Morgan fingerprint density at radius 2 is 2.08 bits per heavy atom. The summed E-state index contributed by atoms with van der Waals surface area (Å²) < 4.78 is 5.74. The zero-order chi connectivity index (χ0) is 18.4. The number of nitrogens with one attached hydrogen (secondary N) is 1. The summed E-state index contributed by atoms with van der Waals surface area (Å²) in [6.07, 6.45) is 0.944. The van der Waals surface area contributed by atoms with Crippen LogP contribution in [0.5, 0.6) is 0 Å². The van der Waals surface area contributed by atoms with Crippen molar-refractivity contribution in [2.24, 2.45) is 0 Å². The van der Waals surface area contributed by atoms with Gasteiger partial charge in [0.2, 0.25) is 11.8 Å². The molecular weight excluding hydrogens is 368 g/mol. The van der Waals surface area contributed by atoms with Gasteiger partial charge in [-0.05, 0) is 42.8 Å². The molecule has 3 rings (SSSR count). The van der Waals surface area contributed by atoms with Gasteiger partial charge in [-0.1, -0.05) is 19.1 Å². The fourth-order valence-electron chi connectivity index (χ4n) is 2.64. The smallest absolute Gasteiger partial charge is 0.257 e. The second-order valence-electron chi connectivity index (χ2n) is 5.99. The molecule has 3 aromatic rings. The van der Waals surface area contributed by atoms with Crippen molar-refractivity contribution in [3.63, 3.8) is 0 Å². The van der Waals surface area contributed by atoms with E-state index < -0.39 is 0 Å². The standard InChI is InChI=1S/C18H22N4O2S2/c1-3-8-22(11-16(23)19-13(2)14-6-4-9-25-14)12-17-20-21-18(24-17)15-7-5-10-26-15/h4-7,9-10,13H,3,8,11-12H2,1-2H3,(H,19,23). The summed E-state index contributed by atoms with van der Waals surface area (Å²) >= 11 is 3.21. The Morgan fingerprint density at radius 3 is 2.77 bits per heavy atom. The second kappa shape index (κ2) is 9.07. The molecular formula is C18H22N4O2S2. The highest BCUT2D eigenvalue weighted by atomic mass is 32.1. The molecule has 1 N–H and O–H groups in total. The summed E-state index contributed by atoms with van der Waals surface area (Å²) in [4.78, 5) is 16.5. The molecule has 0 spiro atoms. The van der Waals surface area contributed by atoms with Crippen LogP contribution in [0, 0.1) is 0 Å². The monoisotopic (exact) mass is 390 g/mol. The van der Waals surface area contributed by atoms with Gasteiger partial charge < -0.3 is 9.73 Å². The number of carbonyl (C=O) groups is 1. The van der Waals surface area contributed by atoms with Crippen LogP contribution in [0.1, 0.15) is 37.1 Å². The minimum absolute atomic E-state index is 0.00246. The molecule has 0 aromatic carbocycles. The Kier molecular flexibility index (Phi) is 6.54. The summed E-state index contributed by atoms with van der Waals surface area (Å²) in [7, 11) is 0. The molecule has 26 heavy (non-hydrogen) atoms. The molecule has 1 atom stereocenters. The molecule has 0 fully saturated rings. The molecule has 0 saturated carbocycles. The van der Waals surface area contributed by atoms with Crippen LogP contribution in [0.3, 0.4) is 0 Å². The van der Waals surface area contributed by atoms with Crippen molar-refractivity contribution in [1.29, 1.82) is 0 Å². The zero-order valence-corrected chi connectivity index (χ0v) is 16.5. The number of thiophene rings is 2. The van der Waals surface area contributed by atoms with Crippen LogP contribution in [-0.4, -0.2) is 34.1 Å². The quantitative estimate of drug-likeness (QED) is 0.599. The topological polar surface area (TPSA) is 71.3 Å². The summed E-state index contributed by atoms with van der Waals surface area (Å²) in [5.41, 5.74) is 0. The molecule has 1 unspecified atom stereocenters. The average molecular weight is 391 g/mol. The zero-order valence-electron chi connectivity index (χ0n) is 14.8. The first-order chi connectivity index (χ1) is 12.7. The first kappa shape index (κ1) is 18.8. The van der Waals surface area contributed by atoms with Crippen molar-refractivity contribution in [2.75, 3.05) is 13.1 Å². The lowest BCUT2D eigenvalue weighted by atomic mass is 10.2. The third kappa shape index (κ3) is 5.00. The minimum atomic E-state index is -0.00246. The van der Waals surface area contributed by atoms with Gasteiger partial charge in [0.25, 0.3) is 5.89 Å². The molecule has 3 heterocycles. The van der Waals surface area contributed by atoms with Crippen molar-refractivity contribution < 1.29 is 9.21 Å². The fraction of sp³-hybridized carbons (Fsp3) is 0.389.